The Morgan fingerprint density at radius 2 is 1.28 bits per heavy atom. The number of ether oxygens (including phenoxy) is 2. The first-order valence-corrected chi connectivity index (χ1v) is 14.1. The fourth-order valence-electron chi connectivity index (χ4n) is 4.87. The van der Waals surface area contributed by atoms with E-state index in [9.17, 15) is 19.5 Å². The summed E-state index contributed by atoms with van der Waals surface area (Å²) in [5, 5.41) is 12.4. The Labute approximate surface area is 251 Å². The molecular weight excluding hydrogens is 544 g/mol. The Balaban J connectivity index is 1.58. The number of nitrogens with zero attached hydrogens (tertiary/aromatic N) is 1. The average Bonchev–Trinajstić information content (AvgIpc) is 3.04. The lowest BCUT2D eigenvalue weighted by atomic mass is 9.94. The Kier molecular flexibility index (Phi) is 10.9. The number of carboxylic acids is 1. The minimum absolute atomic E-state index is 0.0330. The first kappa shape index (κ1) is 30.8. The number of nitrogens with one attached hydrogen (secondary N) is 1. The third-order valence-corrected chi connectivity index (χ3v) is 7.13. The van der Waals surface area contributed by atoms with E-state index in [0.29, 0.717) is 53.1 Å². The minimum atomic E-state index is -0.994. The van der Waals surface area contributed by atoms with Gasteiger partial charge in [0.25, 0.3) is 11.8 Å². The maximum atomic E-state index is 14.0. The molecule has 0 spiro atoms. The number of carbonyl (C=O) groups is 3. The predicted molar refractivity (Wildman–Crippen MR) is 166 cm³/mol. The zero-order chi connectivity index (χ0) is 30.6. The van der Waals surface area contributed by atoms with E-state index in [0.717, 1.165) is 11.1 Å². The van der Waals surface area contributed by atoms with Crippen molar-refractivity contribution in [3.8, 4) is 22.6 Å². The molecular formula is C35H36N2O6. The van der Waals surface area contributed by atoms with E-state index in [-0.39, 0.29) is 31.3 Å². The molecule has 2 amide bonds. The third-order valence-electron chi connectivity index (χ3n) is 7.13. The molecule has 222 valence electrons. The number of aliphatic carboxylic acids is 1. The molecule has 0 aromatic heterocycles. The monoisotopic (exact) mass is 580 g/mol. The van der Waals surface area contributed by atoms with Gasteiger partial charge in [-0.25, -0.2) is 0 Å². The summed E-state index contributed by atoms with van der Waals surface area (Å²) in [5.74, 6) is -0.287. The van der Waals surface area contributed by atoms with Crippen LogP contribution in [0.2, 0.25) is 0 Å². The lowest BCUT2D eigenvalue weighted by Crippen LogP contribution is -2.35. The number of carbonyl (C=O) groups excluding carboxylic acids is 2. The Morgan fingerprint density at radius 1 is 0.698 bits per heavy atom. The molecule has 4 aromatic carbocycles. The second-order valence-electron chi connectivity index (χ2n) is 9.99. The lowest BCUT2D eigenvalue weighted by Gasteiger charge is -2.24. The van der Waals surface area contributed by atoms with E-state index in [2.05, 4.69) is 5.32 Å². The highest BCUT2D eigenvalue weighted by Gasteiger charge is 2.23. The molecule has 0 atom stereocenters. The number of methoxy groups -OCH3 is 2. The van der Waals surface area contributed by atoms with Crippen molar-refractivity contribution in [3.05, 3.63) is 119 Å². The molecule has 4 aromatic rings. The summed E-state index contributed by atoms with van der Waals surface area (Å²) < 4.78 is 10.7. The van der Waals surface area contributed by atoms with Crippen molar-refractivity contribution in [3.63, 3.8) is 0 Å². The normalized spacial score (nSPS) is 10.6. The van der Waals surface area contributed by atoms with Crippen LogP contribution in [0.1, 0.15) is 38.3 Å². The maximum absolute atomic E-state index is 14.0. The fourth-order valence-corrected chi connectivity index (χ4v) is 4.87. The number of benzene rings is 4. The van der Waals surface area contributed by atoms with Crippen LogP contribution < -0.4 is 14.8 Å². The number of amides is 2. The molecule has 2 N–H and O–H groups in total. The fraction of sp³-hybridized carbons (Fsp3) is 0.229. The van der Waals surface area contributed by atoms with Crippen molar-refractivity contribution in [1.29, 1.82) is 0 Å². The smallest absolute Gasteiger partial charge is 0.305 e. The number of hydrogen-bond acceptors (Lipinski definition) is 5. The van der Waals surface area contributed by atoms with Crippen molar-refractivity contribution in [2.45, 2.75) is 19.3 Å². The highest BCUT2D eigenvalue weighted by molar-refractivity contribution is 6.06. The lowest BCUT2D eigenvalue weighted by molar-refractivity contribution is -0.137. The van der Waals surface area contributed by atoms with Crippen LogP contribution in [0.5, 0.6) is 11.5 Å². The van der Waals surface area contributed by atoms with Gasteiger partial charge >= 0.3 is 5.97 Å². The molecule has 43 heavy (non-hydrogen) atoms. The predicted octanol–water partition coefficient (Wildman–Crippen LogP) is 5.50. The molecule has 0 heterocycles. The van der Waals surface area contributed by atoms with Crippen LogP contribution in [-0.2, 0) is 17.6 Å². The second-order valence-corrected chi connectivity index (χ2v) is 9.99. The summed E-state index contributed by atoms with van der Waals surface area (Å²) in [6.45, 7) is 0.777. The molecule has 0 saturated heterocycles. The topological polar surface area (TPSA) is 105 Å². The zero-order valence-corrected chi connectivity index (χ0v) is 24.4. The second kappa shape index (κ2) is 15.2. The molecule has 0 bridgehead atoms. The standard InChI is InChI=1S/C35H36N2O6/c1-42-27-22-26(23-28(24-27)43-2)17-20-37(21-18-33(38)39)35(41)32-15-9-7-13-30(32)29-12-6-8-14-31(29)34(40)36-19-16-25-10-4-3-5-11-25/h3-15,22-24H,16-21H2,1-2H3,(H,36,40)(H,38,39). The highest BCUT2D eigenvalue weighted by atomic mass is 16.5. The summed E-state index contributed by atoms with van der Waals surface area (Å²) in [4.78, 5) is 40.3. The SMILES string of the molecule is COc1cc(CCN(CCC(=O)O)C(=O)c2ccccc2-c2ccccc2C(=O)NCCc2ccccc2)cc(OC)c1. The third kappa shape index (κ3) is 8.45. The molecule has 4 rings (SSSR count). The number of rotatable bonds is 14. The highest BCUT2D eigenvalue weighted by Crippen LogP contribution is 2.29. The quantitative estimate of drug-likeness (QED) is 0.204. The zero-order valence-electron chi connectivity index (χ0n) is 24.4. The van der Waals surface area contributed by atoms with Gasteiger partial charge in [0.2, 0.25) is 0 Å². The van der Waals surface area contributed by atoms with Crippen molar-refractivity contribution < 1.29 is 29.0 Å². The summed E-state index contributed by atoms with van der Waals surface area (Å²) in [5.41, 5.74) is 4.08. The van der Waals surface area contributed by atoms with Crippen molar-refractivity contribution >= 4 is 17.8 Å². The van der Waals surface area contributed by atoms with Gasteiger partial charge in [0.15, 0.2) is 0 Å². The molecule has 0 aliphatic heterocycles. The van der Waals surface area contributed by atoms with E-state index < -0.39 is 5.97 Å². The summed E-state index contributed by atoms with van der Waals surface area (Å²) in [6, 6.07) is 29.7. The van der Waals surface area contributed by atoms with Crippen molar-refractivity contribution in [1.82, 2.24) is 10.2 Å². The summed E-state index contributed by atoms with van der Waals surface area (Å²) in [7, 11) is 3.14. The molecule has 0 saturated carbocycles. The van der Waals surface area contributed by atoms with Gasteiger partial charge in [0, 0.05) is 36.8 Å². The van der Waals surface area contributed by atoms with E-state index >= 15 is 0 Å². The van der Waals surface area contributed by atoms with Crippen LogP contribution in [0.3, 0.4) is 0 Å². The average molecular weight is 581 g/mol. The van der Waals surface area contributed by atoms with Crippen molar-refractivity contribution in [2.75, 3.05) is 33.9 Å². The summed E-state index contributed by atoms with van der Waals surface area (Å²) in [6.07, 6.45) is 0.957. The molecule has 0 fully saturated rings. The van der Waals surface area contributed by atoms with Gasteiger partial charge < -0.3 is 24.8 Å². The van der Waals surface area contributed by atoms with Crippen LogP contribution in [0.4, 0.5) is 0 Å². The molecule has 0 aliphatic carbocycles. The van der Waals surface area contributed by atoms with Gasteiger partial charge in [0.05, 0.1) is 20.6 Å². The van der Waals surface area contributed by atoms with Crippen LogP contribution in [0.25, 0.3) is 11.1 Å². The van der Waals surface area contributed by atoms with E-state index in [1.807, 2.05) is 66.7 Å². The Hall–Kier alpha value is -5.11. The van der Waals surface area contributed by atoms with Gasteiger partial charge in [-0.05, 0) is 59.4 Å². The van der Waals surface area contributed by atoms with Crippen LogP contribution in [0.15, 0.2) is 97.1 Å². The van der Waals surface area contributed by atoms with E-state index in [4.69, 9.17) is 9.47 Å². The molecule has 0 radical (unpaired) electrons. The van der Waals surface area contributed by atoms with Crippen LogP contribution >= 0.6 is 0 Å². The number of carboxylic acid groups (broad SMARTS) is 1. The first-order chi connectivity index (χ1) is 20.9. The van der Waals surface area contributed by atoms with E-state index in [1.165, 1.54) is 0 Å². The molecule has 0 aliphatic rings. The maximum Gasteiger partial charge on any atom is 0.305 e. The molecule has 0 unspecified atom stereocenters. The van der Waals surface area contributed by atoms with Gasteiger partial charge in [0.1, 0.15) is 11.5 Å². The largest absolute Gasteiger partial charge is 0.497 e. The Bertz CT molecular complexity index is 1530. The van der Waals surface area contributed by atoms with Gasteiger partial charge in [-0.3, -0.25) is 14.4 Å². The Morgan fingerprint density at radius 3 is 1.91 bits per heavy atom. The van der Waals surface area contributed by atoms with E-state index in [1.54, 1.807) is 49.5 Å². The van der Waals surface area contributed by atoms with Crippen molar-refractivity contribution in [2.24, 2.45) is 0 Å². The van der Waals surface area contributed by atoms with Crippen LogP contribution in [0, 0.1) is 0 Å². The number of hydrogen-bond donors (Lipinski definition) is 2. The first-order valence-electron chi connectivity index (χ1n) is 14.1. The van der Waals surface area contributed by atoms with Crippen LogP contribution in [-0.4, -0.2) is 61.6 Å². The minimum Gasteiger partial charge on any atom is -0.497 e. The van der Waals surface area contributed by atoms with Gasteiger partial charge in [-0.15, -0.1) is 0 Å². The molecule has 8 heteroatoms. The molecule has 8 nitrogen and oxygen atoms in total. The summed E-state index contributed by atoms with van der Waals surface area (Å²) >= 11 is 0. The van der Waals surface area contributed by atoms with Gasteiger partial charge in [-0.2, -0.15) is 0 Å². The van der Waals surface area contributed by atoms with Gasteiger partial charge in [-0.1, -0.05) is 66.7 Å².